The largest absolute Gasteiger partial charge is 0.481 e. The second-order valence-electron chi connectivity index (χ2n) is 6.41. The highest BCUT2D eigenvalue weighted by Crippen LogP contribution is 2.58. The van der Waals surface area contributed by atoms with Gasteiger partial charge in [0.1, 0.15) is 0 Å². The van der Waals surface area contributed by atoms with Crippen molar-refractivity contribution in [3.05, 3.63) is 0 Å². The van der Waals surface area contributed by atoms with Crippen LogP contribution in [0.1, 0.15) is 32.1 Å². The Bertz CT molecular complexity index is 287. The van der Waals surface area contributed by atoms with Crippen LogP contribution >= 0.6 is 11.8 Å². The van der Waals surface area contributed by atoms with Crippen LogP contribution in [-0.2, 0) is 4.79 Å². The molecule has 1 N–H and O–H groups in total. The Morgan fingerprint density at radius 3 is 2.12 bits per heavy atom. The number of hydrogen-bond donors (Lipinski definition) is 1. The van der Waals surface area contributed by atoms with Gasteiger partial charge in [0.05, 0.1) is 5.92 Å². The number of aliphatic carboxylic acids is 1. The normalized spacial score (nSPS) is 44.9. The Morgan fingerprint density at radius 1 is 1.18 bits per heavy atom. The molecule has 0 amide bonds. The molecule has 4 aliphatic rings. The van der Waals surface area contributed by atoms with Crippen molar-refractivity contribution in [2.75, 3.05) is 12.0 Å². The second-order valence-corrected chi connectivity index (χ2v) is 7.32. The van der Waals surface area contributed by atoms with E-state index in [1.165, 1.54) is 32.1 Å². The third kappa shape index (κ3) is 2.00. The van der Waals surface area contributed by atoms with Crippen molar-refractivity contribution in [1.29, 1.82) is 0 Å². The number of carboxylic acids is 1. The van der Waals surface area contributed by atoms with E-state index in [-0.39, 0.29) is 5.92 Å². The van der Waals surface area contributed by atoms with Gasteiger partial charge in [0.25, 0.3) is 0 Å². The fourth-order valence-corrected chi connectivity index (χ4v) is 5.87. The van der Waals surface area contributed by atoms with Crippen molar-refractivity contribution in [2.45, 2.75) is 32.1 Å². The van der Waals surface area contributed by atoms with Crippen LogP contribution in [0.2, 0.25) is 0 Å². The quantitative estimate of drug-likeness (QED) is 0.837. The summed E-state index contributed by atoms with van der Waals surface area (Å²) in [7, 11) is 0. The Morgan fingerprint density at radius 2 is 1.71 bits per heavy atom. The van der Waals surface area contributed by atoms with E-state index >= 15 is 0 Å². The lowest BCUT2D eigenvalue weighted by Gasteiger charge is -2.55. The van der Waals surface area contributed by atoms with Crippen molar-refractivity contribution in [3.63, 3.8) is 0 Å². The highest BCUT2D eigenvalue weighted by atomic mass is 32.2. The van der Waals surface area contributed by atoms with Crippen LogP contribution in [0.4, 0.5) is 0 Å². The molecule has 4 rings (SSSR count). The van der Waals surface area contributed by atoms with Crippen molar-refractivity contribution in [3.8, 4) is 0 Å². The molecule has 0 radical (unpaired) electrons. The van der Waals surface area contributed by atoms with Crippen LogP contribution in [0.15, 0.2) is 0 Å². The van der Waals surface area contributed by atoms with Gasteiger partial charge in [-0.05, 0) is 67.9 Å². The van der Waals surface area contributed by atoms with Gasteiger partial charge in [-0.15, -0.1) is 0 Å². The van der Waals surface area contributed by atoms with Crippen molar-refractivity contribution in [2.24, 2.45) is 35.5 Å². The van der Waals surface area contributed by atoms with Gasteiger partial charge in [-0.3, -0.25) is 4.79 Å². The SMILES string of the molecule is CSCC(C(=O)O)C1C2CC3CC(C2)CC1C3. The zero-order chi connectivity index (χ0) is 12.0. The molecule has 4 bridgehead atoms. The molecule has 1 unspecified atom stereocenters. The predicted octanol–water partition coefficient (Wildman–Crippen LogP) is 3.12. The van der Waals surface area contributed by atoms with Gasteiger partial charge in [0.15, 0.2) is 0 Å². The van der Waals surface area contributed by atoms with Crippen LogP contribution in [0.5, 0.6) is 0 Å². The van der Waals surface area contributed by atoms with Gasteiger partial charge in [0, 0.05) is 5.75 Å². The molecule has 4 aliphatic carbocycles. The lowest BCUT2D eigenvalue weighted by Crippen LogP contribution is -2.49. The van der Waals surface area contributed by atoms with Gasteiger partial charge in [0.2, 0.25) is 0 Å². The fraction of sp³-hybridized carbons (Fsp3) is 0.929. The third-order valence-electron chi connectivity index (χ3n) is 5.43. The van der Waals surface area contributed by atoms with E-state index < -0.39 is 5.97 Å². The average Bonchev–Trinajstić information content (AvgIpc) is 2.26. The highest BCUT2D eigenvalue weighted by molar-refractivity contribution is 7.98. The van der Waals surface area contributed by atoms with Crippen LogP contribution in [-0.4, -0.2) is 23.1 Å². The third-order valence-corrected chi connectivity index (χ3v) is 6.12. The van der Waals surface area contributed by atoms with Crippen LogP contribution < -0.4 is 0 Å². The smallest absolute Gasteiger partial charge is 0.307 e. The van der Waals surface area contributed by atoms with E-state index in [1.54, 1.807) is 11.8 Å². The molecular weight excluding hydrogens is 232 g/mol. The standard InChI is InChI=1S/C14H22O2S/c1-17-7-12(14(15)16)13-10-3-8-2-9(5-10)6-11(13)4-8/h8-13H,2-7H2,1H3,(H,15,16). The molecule has 1 atom stereocenters. The summed E-state index contributed by atoms with van der Waals surface area (Å²) in [5.74, 6) is 4.03. The predicted molar refractivity (Wildman–Crippen MR) is 70.0 cm³/mol. The summed E-state index contributed by atoms with van der Waals surface area (Å²) in [4.78, 5) is 11.5. The number of hydrogen-bond acceptors (Lipinski definition) is 2. The van der Waals surface area contributed by atoms with E-state index in [0.29, 0.717) is 5.92 Å². The summed E-state index contributed by atoms with van der Waals surface area (Å²) in [6.07, 6.45) is 8.79. The molecule has 4 fully saturated rings. The van der Waals surface area contributed by atoms with E-state index in [1.807, 2.05) is 6.26 Å². The zero-order valence-corrected chi connectivity index (χ0v) is 11.3. The van der Waals surface area contributed by atoms with Crippen LogP contribution in [0.25, 0.3) is 0 Å². The summed E-state index contributed by atoms with van der Waals surface area (Å²) < 4.78 is 0. The Kier molecular flexibility index (Phi) is 3.14. The van der Waals surface area contributed by atoms with E-state index in [0.717, 1.165) is 29.4 Å². The molecule has 17 heavy (non-hydrogen) atoms. The summed E-state index contributed by atoms with van der Waals surface area (Å²) in [5.41, 5.74) is 0. The maximum absolute atomic E-state index is 11.5. The Hall–Kier alpha value is -0.180. The van der Waals surface area contributed by atoms with Crippen LogP contribution in [0.3, 0.4) is 0 Å². The topological polar surface area (TPSA) is 37.3 Å². The minimum absolute atomic E-state index is 0.0833. The highest BCUT2D eigenvalue weighted by Gasteiger charge is 2.51. The number of carbonyl (C=O) groups is 1. The first-order valence-corrected chi connectivity index (χ1v) is 8.30. The summed E-state index contributed by atoms with van der Waals surface area (Å²) >= 11 is 1.70. The minimum Gasteiger partial charge on any atom is -0.481 e. The first kappa shape index (κ1) is 11.9. The molecule has 0 aromatic rings. The second kappa shape index (κ2) is 4.49. The number of carboxylic acid groups (broad SMARTS) is 1. The first-order chi connectivity index (χ1) is 8.19. The van der Waals surface area contributed by atoms with E-state index in [9.17, 15) is 9.90 Å². The lowest BCUT2D eigenvalue weighted by molar-refractivity contribution is -0.149. The van der Waals surface area contributed by atoms with E-state index in [2.05, 4.69) is 0 Å². The maximum atomic E-state index is 11.5. The lowest BCUT2D eigenvalue weighted by atomic mass is 9.50. The van der Waals surface area contributed by atoms with Gasteiger partial charge in [-0.1, -0.05) is 0 Å². The molecule has 3 heteroatoms. The summed E-state index contributed by atoms with van der Waals surface area (Å²) in [6.45, 7) is 0. The van der Waals surface area contributed by atoms with Gasteiger partial charge >= 0.3 is 5.97 Å². The van der Waals surface area contributed by atoms with Crippen molar-refractivity contribution in [1.82, 2.24) is 0 Å². The fourth-order valence-electron chi connectivity index (χ4n) is 5.15. The molecule has 4 saturated carbocycles. The molecule has 0 heterocycles. The molecule has 0 aliphatic heterocycles. The molecule has 2 nitrogen and oxygen atoms in total. The van der Waals surface area contributed by atoms with Crippen LogP contribution in [0, 0.1) is 35.5 Å². The van der Waals surface area contributed by atoms with Gasteiger partial charge in [-0.2, -0.15) is 11.8 Å². The number of thioether (sulfide) groups is 1. The molecule has 96 valence electrons. The maximum Gasteiger partial charge on any atom is 0.307 e. The Labute approximate surface area is 108 Å². The minimum atomic E-state index is -0.545. The van der Waals surface area contributed by atoms with Crippen molar-refractivity contribution >= 4 is 17.7 Å². The Balaban J connectivity index is 1.80. The van der Waals surface area contributed by atoms with Crippen molar-refractivity contribution < 1.29 is 9.90 Å². The monoisotopic (exact) mass is 254 g/mol. The molecule has 0 aromatic heterocycles. The average molecular weight is 254 g/mol. The van der Waals surface area contributed by atoms with Gasteiger partial charge in [-0.25, -0.2) is 0 Å². The summed E-state index contributed by atoms with van der Waals surface area (Å²) in [6, 6.07) is 0. The molecule has 0 aromatic carbocycles. The molecule has 0 saturated heterocycles. The first-order valence-electron chi connectivity index (χ1n) is 6.90. The molecular formula is C14H22O2S. The molecule has 0 spiro atoms. The van der Waals surface area contributed by atoms with E-state index in [4.69, 9.17) is 0 Å². The summed E-state index contributed by atoms with van der Waals surface area (Å²) in [5, 5.41) is 9.48. The number of rotatable bonds is 4. The zero-order valence-electron chi connectivity index (χ0n) is 10.5. The van der Waals surface area contributed by atoms with Gasteiger partial charge < -0.3 is 5.11 Å².